The Balaban J connectivity index is 2.05. The molecule has 0 saturated heterocycles. The molecule has 0 unspecified atom stereocenters. The highest BCUT2D eigenvalue weighted by molar-refractivity contribution is 7.99. The molecule has 0 spiro atoms. The summed E-state index contributed by atoms with van der Waals surface area (Å²) in [5, 5.41) is 12.6. The average Bonchev–Trinajstić information content (AvgIpc) is 2.30. The second kappa shape index (κ2) is 8.82. The normalized spacial score (nSPS) is 10.6. The van der Waals surface area contributed by atoms with Gasteiger partial charge in [0, 0.05) is 37.8 Å². The van der Waals surface area contributed by atoms with Crippen molar-refractivity contribution >= 4 is 23.4 Å². The van der Waals surface area contributed by atoms with Gasteiger partial charge in [0.05, 0.1) is 5.02 Å². The Kier molecular flexibility index (Phi) is 7.59. The minimum absolute atomic E-state index is 0.285. The third kappa shape index (κ3) is 5.70. The lowest BCUT2D eigenvalue weighted by Gasteiger charge is -2.05. The van der Waals surface area contributed by atoms with Crippen LogP contribution in [0.1, 0.15) is 12.0 Å². The van der Waals surface area contributed by atoms with Crippen LogP contribution in [0.25, 0.3) is 0 Å². The Bertz CT molecular complexity index is 299. The van der Waals surface area contributed by atoms with Crippen molar-refractivity contribution in [2.75, 3.05) is 24.7 Å². The molecular formula is C11H17ClN2OS. The monoisotopic (exact) mass is 260 g/mol. The van der Waals surface area contributed by atoms with Crippen LogP contribution in [0.4, 0.5) is 0 Å². The zero-order chi connectivity index (χ0) is 11.6. The summed E-state index contributed by atoms with van der Waals surface area (Å²) in [6.07, 6.45) is 4.29. The molecule has 0 saturated carbocycles. The van der Waals surface area contributed by atoms with E-state index in [1.54, 1.807) is 12.4 Å². The lowest BCUT2D eigenvalue weighted by Crippen LogP contribution is -2.17. The molecule has 0 aliphatic heterocycles. The summed E-state index contributed by atoms with van der Waals surface area (Å²) >= 11 is 7.82. The number of thioether (sulfide) groups is 1. The maximum absolute atomic E-state index is 8.60. The van der Waals surface area contributed by atoms with E-state index in [1.807, 2.05) is 17.8 Å². The summed E-state index contributed by atoms with van der Waals surface area (Å²) < 4.78 is 0. The smallest absolute Gasteiger partial charge is 0.0634 e. The van der Waals surface area contributed by atoms with E-state index in [9.17, 15) is 0 Å². The van der Waals surface area contributed by atoms with Crippen LogP contribution < -0.4 is 5.32 Å². The van der Waals surface area contributed by atoms with E-state index in [-0.39, 0.29) is 6.61 Å². The number of pyridine rings is 1. The van der Waals surface area contributed by atoms with Gasteiger partial charge in [0.1, 0.15) is 0 Å². The standard InChI is InChI=1S/C11H17ClN2OS/c12-11-9-13-3-2-10(11)8-14-4-7-16-6-1-5-15/h2-3,9,14-15H,1,4-8H2. The molecule has 1 aromatic heterocycles. The van der Waals surface area contributed by atoms with Crippen molar-refractivity contribution in [2.45, 2.75) is 13.0 Å². The summed E-state index contributed by atoms with van der Waals surface area (Å²) in [7, 11) is 0. The Morgan fingerprint density at radius 2 is 2.31 bits per heavy atom. The SMILES string of the molecule is OCCCSCCNCc1ccncc1Cl. The van der Waals surface area contributed by atoms with Crippen molar-refractivity contribution in [1.82, 2.24) is 10.3 Å². The molecule has 16 heavy (non-hydrogen) atoms. The maximum atomic E-state index is 8.60. The van der Waals surface area contributed by atoms with Crippen molar-refractivity contribution in [1.29, 1.82) is 0 Å². The van der Waals surface area contributed by atoms with Crippen LogP contribution in [0.3, 0.4) is 0 Å². The molecule has 0 aliphatic carbocycles. The van der Waals surface area contributed by atoms with Gasteiger partial charge in [-0.25, -0.2) is 0 Å². The van der Waals surface area contributed by atoms with E-state index in [2.05, 4.69) is 10.3 Å². The highest BCUT2D eigenvalue weighted by Crippen LogP contribution is 2.12. The number of nitrogens with one attached hydrogen (secondary N) is 1. The largest absolute Gasteiger partial charge is 0.396 e. The first kappa shape index (κ1) is 13.8. The van der Waals surface area contributed by atoms with Gasteiger partial charge in [0.15, 0.2) is 0 Å². The average molecular weight is 261 g/mol. The molecule has 0 aromatic carbocycles. The van der Waals surface area contributed by atoms with Gasteiger partial charge in [-0.2, -0.15) is 11.8 Å². The van der Waals surface area contributed by atoms with E-state index < -0.39 is 0 Å². The topological polar surface area (TPSA) is 45.1 Å². The molecule has 5 heteroatoms. The highest BCUT2D eigenvalue weighted by Gasteiger charge is 1.98. The molecule has 0 radical (unpaired) electrons. The third-order valence-electron chi connectivity index (χ3n) is 2.04. The molecule has 2 N–H and O–H groups in total. The molecule has 0 fully saturated rings. The predicted molar refractivity (Wildman–Crippen MR) is 70.0 cm³/mol. The highest BCUT2D eigenvalue weighted by atomic mass is 35.5. The van der Waals surface area contributed by atoms with Gasteiger partial charge < -0.3 is 10.4 Å². The Hall–Kier alpha value is -0.290. The van der Waals surface area contributed by atoms with Gasteiger partial charge in [0.2, 0.25) is 0 Å². The molecule has 3 nitrogen and oxygen atoms in total. The number of hydrogen-bond donors (Lipinski definition) is 2. The number of aliphatic hydroxyl groups is 1. The molecular weight excluding hydrogens is 244 g/mol. The van der Waals surface area contributed by atoms with Crippen LogP contribution in [-0.4, -0.2) is 34.7 Å². The van der Waals surface area contributed by atoms with Crippen molar-refractivity contribution in [3.8, 4) is 0 Å². The first-order valence-electron chi connectivity index (χ1n) is 5.32. The van der Waals surface area contributed by atoms with Gasteiger partial charge >= 0.3 is 0 Å². The molecule has 0 amide bonds. The minimum atomic E-state index is 0.285. The second-order valence-electron chi connectivity index (χ2n) is 3.33. The summed E-state index contributed by atoms with van der Waals surface area (Å²) in [6.45, 7) is 2.02. The van der Waals surface area contributed by atoms with Gasteiger partial charge in [-0.05, 0) is 23.8 Å². The van der Waals surface area contributed by atoms with E-state index in [0.29, 0.717) is 5.02 Å². The first-order chi connectivity index (χ1) is 7.84. The fraction of sp³-hybridized carbons (Fsp3) is 0.545. The zero-order valence-corrected chi connectivity index (χ0v) is 10.7. The van der Waals surface area contributed by atoms with Gasteiger partial charge in [-0.3, -0.25) is 4.98 Å². The van der Waals surface area contributed by atoms with E-state index in [1.165, 1.54) is 0 Å². The number of halogens is 1. The second-order valence-corrected chi connectivity index (χ2v) is 4.97. The van der Waals surface area contributed by atoms with Crippen LogP contribution in [0, 0.1) is 0 Å². The summed E-state index contributed by atoms with van der Waals surface area (Å²) in [6, 6.07) is 1.92. The Morgan fingerprint density at radius 3 is 3.06 bits per heavy atom. The van der Waals surface area contributed by atoms with Crippen molar-refractivity contribution < 1.29 is 5.11 Å². The lowest BCUT2D eigenvalue weighted by molar-refractivity contribution is 0.296. The molecule has 0 aliphatic rings. The van der Waals surface area contributed by atoms with Gasteiger partial charge in [0.25, 0.3) is 0 Å². The number of hydrogen-bond acceptors (Lipinski definition) is 4. The van der Waals surface area contributed by atoms with E-state index in [4.69, 9.17) is 16.7 Å². The number of aromatic nitrogens is 1. The van der Waals surface area contributed by atoms with E-state index >= 15 is 0 Å². The fourth-order valence-electron chi connectivity index (χ4n) is 1.18. The van der Waals surface area contributed by atoms with Crippen LogP contribution >= 0.6 is 23.4 Å². The zero-order valence-electron chi connectivity index (χ0n) is 9.16. The van der Waals surface area contributed by atoms with Gasteiger partial charge in [-0.15, -0.1) is 0 Å². The van der Waals surface area contributed by atoms with Crippen molar-refractivity contribution in [3.63, 3.8) is 0 Å². The maximum Gasteiger partial charge on any atom is 0.0634 e. The first-order valence-corrected chi connectivity index (χ1v) is 6.85. The van der Waals surface area contributed by atoms with Crippen LogP contribution in [-0.2, 0) is 6.54 Å². The van der Waals surface area contributed by atoms with Crippen LogP contribution in [0.15, 0.2) is 18.5 Å². The Morgan fingerprint density at radius 1 is 1.44 bits per heavy atom. The molecule has 1 heterocycles. The van der Waals surface area contributed by atoms with Crippen LogP contribution in [0.5, 0.6) is 0 Å². The fourth-order valence-corrected chi connectivity index (χ4v) is 2.20. The minimum Gasteiger partial charge on any atom is -0.396 e. The van der Waals surface area contributed by atoms with Crippen molar-refractivity contribution in [3.05, 3.63) is 29.0 Å². The molecule has 0 atom stereocenters. The number of rotatable bonds is 8. The third-order valence-corrected chi connectivity index (χ3v) is 3.45. The molecule has 1 aromatic rings. The lowest BCUT2D eigenvalue weighted by atomic mass is 10.3. The molecule has 1 rings (SSSR count). The quantitative estimate of drug-likeness (QED) is 0.702. The van der Waals surface area contributed by atoms with E-state index in [0.717, 1.165) is 36.6 Å². The molecule has 0 bridgehead atoms. The number of aliphatic hydroxyl groups excluding tert-OH is 1. The predicted octanol–water partition coefficient (Wildman–Crippen LogP) is 1.94. The van der Waals surface area contributed by atoms with Crippen molar-refractivity contribution in [2.24, 2.45) is 0 Å². The number of nitrogens with zero attached hydrogens (tertiary/aromatic N) is 1. The summed E-state index contributed by atoms with van der Waals surface area (Å²) in [4.78, 5) is 3.94. The Labute approximate surface area is 106 Å². The summed E-state index contributed by atoms with van der Waals surface area (Å²) in [5.41, 5.74) is 1.08. The van der Waals surface area contributed by atoms with Gasteiger partial charge in [-0.1, -0.05) is 11.6 Å². The van der Waals surface area contributed by atoms with Crippen LogP contribution in [0.2, 0.25) is 5.02 Å². The summed E-state index contributed by atoms with van der Waals surface area (Å²) in [5.74, 6) is 2.08. The molecule has 90 valence electrons.